The van der Waals surface area contributed by atoms with E-state index in [0.717, 1.165) is 0 Å². The van der Waals surface area contributed by atoms with Crippen LogP contribution >= 0.6 is 11.6 Å². The third-order valence-electron chi connectivity index (χ3n) is 2.58. The van der Waals surface area contributed by atoms with Crippen LogP contribution in [0.15, 0.2) is 40.8 Å². The number of hydrogen-bond donors (Lipinski definition) is 2. The fourth-order valence-corrected chi connectivity index (χ4v) is 1.87. The fourth-order valence-electron chi connectivity index (χ4n) is 1.69. The first-order valence-corrected chi connectivity index (χ1v) is 5.88. The highest BCUT2D eigenvalue weighted by atomic mass is 35.5. The van der Waals surface area contributed by atoms with Gasteiger partial charge in [0.05, 0.1) is 5.02 Å². The number of rotatable bonds is 2. The van der Waals surface area contributed by atoms with E-state index in [4.69, 9.17) is 21.8 Å². The number of hydrogen-bond acceptors (Lipinski definition) is 4. The van der Waals surface area contributed by atoms with Gasteiger partial charge in [-0.2, -0.15) is 4.98 Å². The lowest BCUT2D eigenvalue weighted by atomic mass is 10.3. The van der Waals surface area contributed by atoms with Crippen molar-refractivity contribution in [1.82, 2.24) is 4.98 Å². The molecular weight excluding hydrogens is 269 g/mol. The lowest BCUT2D eigenvalue weighted by Crippen LogP contribution is -1.90. The molecule has 0 aliphatic heterocycles. The maximum Gasteiger partial charge on any atom is 0.300 e. The number of nitrogens with one attached hydrogen (secondary N) is 1. The summed E-state index contributed by atoms with van der Waals surface area (Å²) in [6, 6.07) is 9.75. The van der Waals surface area contributed by atoms with Crippen LogP contribution in [0.4, 0.5) is 21.8 Å². The Morgan fingerprint density at radius 1 is 1.21 bits per heavy atom. The van der Waals surface area contributed by atoms with Crippen molar-refractivity contribution in [2.24, 2.45) is 0 Å². The molecule has 0 amide bonds. The van der Waals surface area contributed by atoms with Crippen molar-refractivity contribution >= 4 is 40.1 Å². The van der Waals surface area contributed by atoms with Crippen LogP contribution in [0.2, 0.25) is 5.02 Å². The van der Waals surface area contributed by atoms with Gasteiger partial charge in [-0.3, -0.25) is 0 Å². The lowest BCUT2D eigenvalue weighted by molar-refractivity contribution is 0.621. The Hall–Kier alpha value is -2.27. The second kappa shape index (κ2) is 4.44. The van der Waals surface area contributed by atoms with Gasteiger partial charge in [-0.05, 0) is 30.3 Å². The zero-order valence-electron chi connectivity index (χ0n) is 9.65. The standard InChI is InChI=1S/C13H9ClFN3O/c14-9-6-8(2-3-10(9)15)17-13-18-11-4-1-7(16)5-12(11)19-13/h1-6H,16H2,(H,17,18). The van der Waals surface area contributed by atoms with Crippen LogP contribution in [0.25, 0.3) is 11.1 Å². The van der Waals surface area contributed by atoms with E-state index < -0.39 is 5.82 Å². The molecule has 0 unspecified atom stereocenters. The molecule has 0 saturated heterocycles. The third kappa shape index (κ3) is 2.32. The molecule has 3 rings (SSSR count). The van der Waals surface area contributed by atoms with Crippen molar-refractivity contribution in [3.63, 3.8) is 0 Å². The highest BCUT2D eigenvalue weighted by molar-refractivity contribution is 6.31. The summed E-state index contributed by atoms with van der Waals surface area (Å²) in [4.78, 5) is 4.23. The Balaban J connectivity index is 1.94. The molecule has 0 aliphatic rings. The van der Waals surface area contributed by atoms with Crippen molar-refractivity contribution in [2.75, 3.05) is 11.1 Å². The van der Waals surface area contributed by atoms with Crippen LogP contribution in [-0.2, 0) is 0 Å². The van der Waals surface area contributed by atoms with E-state index in [9.17, 15) is 4.39 Å². The lowest BCUT2D eigenvalue weighted by Gasteiger charge is -2.02. The maximum absolute atomic E-state index is 13.0. The molecule has 0 radical (unpaired) electrons. The van der Waals surface area contributed by atoms with E-state index in [1.807, 2.05) is 0 Å². The molecular formula is C13H9ClFN3O. The molecule has 1 aromatic heterocycles. The van der Waals surface area contributed by atoms with E-state index in [1.54, 1.807) is 24.3 Å². The normalized spacial score (nSPS) is 10.8. The molecule has 0 bridgehead atoms. The van der Waals surface area contributed by atoms with E-state index in [1.165, 1.54) is 12.1 Å². The van der Waals surface area contributed by atoms with Crippen molar-refractivity contribution in [2.45, 2.75) is 0 Å². The zero-order chi connectivity index (χ0) is 13.4. The van der Waals surface area contributed by atoms with E-state index >= 15 is 0 Å². The van der Waals surface area contributed by atoms with Crippen LogP contribution in [0.5, 0.6) is 0 Å². The number of nitrogens with two attached hydrogens (primary N) is 1. The summed E-state index contributed by atoms with van der Waals surface area (Å²) in [7, 11) is 0. The highest BCUT2D eigenvalue weighted by Gasteiger charge is 2.07. The zero-order valence-corrected chi connectivity index (χ0v) is 10.4. The van der Waals surface area contributed by atoms with Gasteiger partial charge in [0.1, 0.15) is 11.3 Å². The number of halogens is 2. The second-order valence-corrected chi connectivity index (χ2v) is 4.41. The number of nitrogen functional groups attached to an aromatic ring is 1. The van der Waals surface area contributed by atoms with Crippen molar-refractivity contribution < 1.29 is 8.81 Å². The fraction of sp³-hybridized carbons (Fsp3) is 0. The van der Waals surface area contributed by atoms with E-state index in [2.05, 4.69) is 10.3 Å². The smallest absolute Gasteiger partial charge is 0.300 e. The first-order valence-electron chi connectivity index (χ1n) is 5.50. The number of aromatic nitrogens is 1. The first-order chi connectivity index (χ1) is 9.11. The minimum absolute atomic E-state index is 0.0327. The van der Waals surface area contributed by atoms with Gasteiger partial charge in [0.2, 0.25) is 0 Å². The van der Waals surface area contributed by atoms with Crippen LogP contribution in [0.1, 0.15) is 0 Å². The van der Waals surface area contributed by atoms with E-state index in [0.29, 0.717) is 28.5 Å². The van der Waals surface area contributed by atoms with Crippen LogP contribution in [0, 0.1) is 5.82 Å². The van der Waals surface area contributed by atoms with Gasteiger partial charge in [0.15, 0.2) is 5.58 Å². The van der Waals surface area contributed by atoms with Crippen molar-refractivity contribution in [3.8, 4) is 0 Å². The number of oxazole rings is 1. The average Bonchev–Trinajstić information content (AvgIpc) is 2.75. The van der Waals surface area contributed by atoms with Crippen LogP contribution in [0.3, 0.4) is 0 Å². The van der Waals surface area contributed by atoms with Gasteiger partial charge in [0, 0.05) is 17.4 Å². The Labute approximate surface area is 113 Å². The van der Waals surface area contributed by atoms with Crippen LogP contribution in [-0.4, -0.2) is 4.98 Å². The SMILES string of the molecule is Nc1ccc2nc(Nc3ccc(F)c(Cl)c3)oc2c1. The Morgan fingerprint density at radius 2 is 2.05 bits per heavy atom. The van der Waals surface area contributed by atoms with Gasteiger partial charge >= 0.3 is 0 Å². The van der Waals surface area contributed by atoms with Gasteiger partial charge in [-0.1, -0.05) is 11.6 Å². The van der Waals surface area contributed by atoms with Gasteiger partial charge in [0.25, 0.3) is 6.01 Å². The number of nitrogens with zero attached hydrogens (tertiary/aromatic N) is 1. The molecule has 1 heterocycles. The molecule has 0 saturated carbocycles. The molecule has 19 heavy (non-hydrogen) atoms. The molecule has 0 spiro atoms. The molecule has 96 valence electrons. The molecule has 4 nitrogen and oxygen atoms in total. The number of fused-ring (bicyclic) bond motifs is 1. The summed E-state index contributed by atoms with van der Waals surface area (Å²) < 4.78 is 18.5. The van der Waals surface area contributed by atoms with Gasteiger partial charge in [-0.25, -0.2) is 4.39 Å². The van der Waals surface area contributed by atoms with Crippen LogP contribution < -0.4 is 11.1 Å². The highest BCUT2D eigenvalue weighted by Crippen LogP contribution is 2.25. The van der Waals surface area contributed by atoms with E-state index in [-0.39, 0.29) is 5.02 Å². The van der Waals surface area contributed by atoms with Crippen molar-refractivity contribution in [1.29, 1.82) is 0 Å². The Bertz CT molecular complexity index is 757. The monoisotopic (exact) mass is 277 g/mol. The quantitative estimate of drug-likeness (QED) is 0.696. The summed E-state index contributed by atoms with van der Waals surface area (Å²) in [5.74, 6) is -0.474. The summed E-state index contributed by atoms with van der Waals surface area (Å²) >= 11 is 5.70. The second-order valence-electron chi connectivity index (χ2n) is 4.00. The summed E-state index contributed by atoms with van der Waals surface area (Å²) in [6.07, 6.45) is 0. The van der Waals surface area contributed by atoms with Gasteiger partial charge in [-0.15, -0.1) is 0 Å². The largest absolute Gasteiger partial charge is 0.423 e. The molecule has 3 N–H and O–H groups in total. The minimum Gasteiger partial charge on any atom is -0.423 e. The minimum atomic E-state index is -0.474. The Kier molecular flexibility index (Phi) is 2.76. The summed E-state index contributed by atoms with van der Waals surface area (Å²) in [5.41, 5.74) is 8.11. The Morgan fingerprint density at radius 3 is 2.84 bits per heavy atom. The molecule has 3 aromatic rings. The first kappa shape index (κ1) is 11.8. The maximum atomic E-state index is 13.0. The average molecular weight is 278 g/mol. The number of benzene rings is 2. The molecule has 6 heteroatoms. The molecule has 0 aliphatic carbocycles. The summed E-state index contributed by atoms with van der Waals surface area (Å²) in [6.45, 7) is 0. The summed E-state index contributed by atoms with van der Waals surface area (Å²) in [5, 5.41) is 2.94. The van der Waals surface area contributed by atoms with Crippen molar-refractivity contribution in [3.05, 3.63) is 47.2 Å². The molecule has 0 fully saturated rings. The predicted octanol–water partition coefficient (Wildman–Crippen LogP) is 3.95. The topological polar surface area (TPSA) is 64.1 Å². The van der Waals surface area contributed by atoms with Gasteiger partial charge < -0.3 is 15.5 Å². The molecule has 2 aromatic carbocycles. The number of anilines is 3. The predicted molar refractivity (Wildman–Crippen MR) is 73.1 cm³/mol. The third-order valence-corrected chi connectivity index (χ3v) is 2.87. The molecule has 0 atom stereocenters.